The molecule has 1 aromatic heterocycles. The third-order valence-electron chi connectivity index (χ3n) is 2.29. The Kier molecular flexibility index (Phi) is 3.50. The topological polar surface area (TPSA) is 50.2 Å². The Morgan fingerprint density at radius 1 is 1.22 bits per heavy atom. The molecule has 0 saturated carbocycles. The van der Waals surface area contributed by atoms with Gasteiger partial charge in [0.15, 0.2) is 0 Å². The van der Waals surface area contributed by atoms with E-state index >= 15 is 0 Å². The second-order valence-electron chi connectivity index (χ2n) is 3.49. The Hall–Kier alpha value is -1.65. The van der Waals surface area contributed by atoms with Gasteiger partial charge >= 0.3 is 5.97 Å². The van der Waals surface area contributed by atoms with E-state index < -0.39 is 11.9 Å². The second kappa shape index (κ2) is 4.92. The minimum atomic E-state index is -1.25. The maximum Gasteiger partial charge on any atom is 0.336 e. The average molecular weight is 286 g/mol. The number of carbonyl (C=O) groups is 1. The lowest BCUT2D eigenvalue weighted by atomic mass is 10.0. The molecule has 1 N–H and O–H groups in total. The van der Waals surface area contributed by atoms with Crippen molar-refractivity contribution in [2.75, 3.05) is 0 Å². The smallest absolute Gasteiger partial charge is 0.336 e. The summed E-state index contributed by atoms with van der Waals surface area (Å²) >= 11 is 11.6. The molecule has 92 valence electrons. The molecule has 0 spiro atoms. The van der Waals surface area contributed by atoms with Gasteiger partial charge in [0.1, 0.15) is 0 Å². The Balaban J connectivity index is 2.73. The summed E-state index contributed by atoms with van der Waals surface area (Å²) in [6, 6.07) is 5.55. The Morgan fingerprint density at radius 3 is 2.39 bits per heavy atom. The summed E-state index contributed by atoms with van der Waals surface area (Å²) < 4.78 is 13.7. The summed E-state index contributed by atoms with van der Waals surface area (Å²) in [6.07, 6.45) is 1.09. The molecule has 0 aliphatic heterocycles. The van der Waals surface area contributed by atoms with Crippen LogP contribution in [-0.4, -0.2) is 16.1 Å². The van der Waals surface area contributed by atoms with Crippen molar-refractivity contribution in [1.82, 2.24) is 4.98 Å². The van der Waals surface area contributed by atoms with Crippen LogP contribution < -0.4 is 0 Å². The maximum atomic E-state index is 13.7. The zero-order chi connectivity index (χ0) is 13.3. The van der Waals surface area contributed by atoms with Crippen molar-refractivity contribution < 1.29 is 14.3 Å². The molecular weight excluding hydrogens is 280 g/mol. The number of benzene rings is 1. The van der Waals surface area contributed by atoms with Crippen LogP contribution in [0.2, 0.25) is 10.0 Å². The lowest BCUT2D eigenvalue weighted by Crippen LogP contribution is -2.03. The van der Waals surface area contributed by atoms with Crippen molar-refractivity contribution >= 4 is 29.2 Å². The molecule has 0 unspecified atom stereocenters. The molecule has 0 radical (unpaired) electrons. The highest BCUT2D eigenvalue weighted by molar-refractivity contribution is 6.35. The van der Waals surface area contributed by atoms with Gasteiger partial charge in [-0.15, -0.1) is 0 Å². The predicted molar refractivity (Wildman–Crippen MR) is 66.6 cm³/mol. The van der Waals surface area contributed by atoms with Crippen LogP contribution in [0.3, 0.4) is 0 Å². The molecule has 1 aromatic carbocycles. The van der Waals surface area contributed by atoms with Crippen molar-refractivity contribution in [3.8, 4) is 11.1 Å². The van der Waals surface area contributed by atoms with Crippen molar-refractivity contribution in [3.05, 3.63) is 52.0 Å². The van der Waals surface area contributed by atoms with Gasteiger partial charge in [-0.3, -0.25) is 0 Å². The minimum absolute atomic E-state index is 0.130. The fourth-order valence-corrected chi connectivity index (χ4v) is 2.11. The average Bonchev–Trinajstić information content (AvgIpc) is 2.26. The van der Waals surface area contributed by atoms with Gasteiger partial charge in [-0.25, -0.2) is 9.78 Å². The number of halogens is 3. The number of pyridine rings is 1. The monoisotopic (exact) mass is 285 g/mol. The predicted octanol–water partition coefficient (Wildman–Crippen LogP) is 3.89. The third kappa shape index (κ3) is 2.44. The van der Waals surface area contributed by atoms with Gasteiger partial charge in [-0.05, 0) is 29.8 Å². The number of rotatable bonds is 2. The number of hydrogen-bond donors (Lipinski definition) is 1. The molecule has 0 fully saturated rings. The van der Waals surface area contributed by atoms with E-state index in [9.17, 15) is 9.18 Å². The summed E-state index contributed by atoms with van der Waals surface area (Å²) in [6.45, 7) is 0. The van der Waals surface area contributed by atoms with Crippen LogP contribution in [0, 0.1) is 5.95 Å². The van der Waals surface area contributed by atoms with E-state index in [0.717, 1.165) is 6.20 Å². The van der Waals surface area contributed by atoms with Crippen LogP contribution in [0.5, 0.6) is 0 Å². The van der Waals surface area contributed by atoms with E-state index in [1.54, 1.807) is 0 Å². The lowest BCUT2D eigenvalue weighted by molar-refractivity contribution is 0.0697. The zero-order valence-corrected chi connectivity index (χ0v) is 10.3. The van der Waals surface area contributed by atoms with Crippen LogP contribution in [-0.2, 0) is 0 Å². The van der Waals surface area contributed by atoms with E-state index in [2.05, 4.69) is 4.98 Å². The van der Waals surface area contributed by atoms with Crippen molar-refractivity contribution in [3.63, 3.8) is 0 Å². The summed E-state index contributed by atoms with van der Waals surface area (Å²) in [5, 5.41) is 9.61. The number of nitrogens with zero attached hydrogens (tertiary/aromatic N) is 1. The SMILES string of the molecule is O=C(O)c1ccnc(F)c1-c1cc(Cl)cc(Cl)c1. The third-order valence-corrected chi connectivity index (χ3v) is 2.72. The maximum absolute atomic E-state index is 13.7. The number of carboxylic acids is 1. The van der Waals surface area contributed by atoms with Crippen molar-refractivity contribution in [1.29, 1.82) is 0 Å². The highest BCUT2D eigenvalue weighted by Crippen LogP contribution is 2.30. The second-order valence-corrected chi connectivity index (χ2v) is 4.36. The molecule has 0 amide bonds. The Labute approximate surface area is 112 Å². The van der Waals surface area contributed by atoms with E-state index in [1.807, 2.05) is 0 Å². The van der Waals surface area contributed by atoms with Crippen LogP contribution in [0.4, 0.5) is 4.39 Å². The van der Waals surface area contributed by atoms with Gasteiger partial charge in [0, 0.05) is 16.2 Å². The summed E-state index contributed by atoms with van der Waals surface area (Å²) in [4.78, 5) is 14.5. The Bertz CT molecular complexity index is 611. The number of aromatic nitrogens is 1. The molecule has 6 heteroatoms. The number of aromatic carboxylic acids is 1. The number of carboxylic acid groups (broad SMARTS) is 1. The van der Waals surface area contributed by atoms with E-state index in [4.69, 9.17) is 28.3 Å². The Morgan fingerprint density at radius 2 is 1.83 bits per heavy atom. The van der Waals surface area contributed by atoms with Crippen LogP contribution in [0.1, 0.15) is 10.4 Å². The fraction of sp³-hybridized carbons (Fsp3) is 0. The first-order valence-corrected chi connectivity index (χ1v) is 5.59. The summed E-state index contributed by atoms with van der Waals surface area (Å²) in [7, 11) is 0. The highest BCUT2D eigenvalue weighted by Gasteiger charge is 2.17. The molecule has 0 saturated heterocycles. The molecule has 1 heterocycles. The molecular formula is C12H6Cl2FNO2. The minimum Gasteiger partial charge on any atom is -0.478 e. The molecule has 2 aromatic rings. The van der Waals surface area contributed by atoms with Gasteiger partial charge in [0.25, 0.3) is 0 Å². The molecule has 2 rings (SSSR count). The van der Waals surface area contributed by atoms with E-state index in [0.29, 0.717) is 0 Å². The van der Waals surface area contributed by atoms with Gasteiger partial charge in [-0.1, -0.05) is 23.2 Å². The van der Waals surface area contributed by atoms with Crippen molar-refractivity contribution in [2.45, 2.75) is 0 Å². The van der Waals surface area contributed by atoms with Gasteiger partial charge in [0.05, 0.1) is 11.1 Å². The van der Waals surface area contributed by atoms with Gasteiger partial charge in [-0.2, -0.15) is 4.39 Å². The fourth-order valence-electron chi connectivity index (χ4n) is 1.59. The van der Waals surface area contributed by atoms with E-state index in [1.165, 1.54) is 24.3 Å². The first kappa shape index (κ1) is 12.8. The summed E-state index contributed by atoms with van der Waals surface area (Å²) in [5.74, 6) is -2.13. The highest BCUT2D eigenvalue weighted by atomic mass is 35.5. The normalized spacial score (nSPS) is 10.4. The molecule has 0 aliphatic rings. The van der Waals surface area contributed by atoms with Crippen molar-refractivity contribution in [2.24, 2.45) is 0 Å². The zero-order valence-electron chi connectivity index (χ0n) is 8.82. The molecule has 3 nitrogen and oxygen atoms in total. The van der Waals surface area contributed by atoms with Crippen LogP contribution in [0.25, 0.3) is 11.1 Å². The molecule has 18 heavy (non-hydrogen) atoms. The number of hydrogen-bond acceptors (Lipinski definition) is 2. The molecule has 0 aliphatic carbocycles. The largest absolute Gasteiger partial charge is 0.478 e. The van der Waals surface area contributed by atoms with Gasteiger partial charge < -0.3 is 5.11 Å². The lowest BCUT2D eigenvalue weighted by Gasteiger charge is -2.07. The quantitative estimate of drug-likeness (QED) is 0.852. The van der Waals surface area contributed by atoms with Crippen LogP contribution in [0.15, 0.2) is 30.5 Å². The summed E-state index contributed by atoms with van der Waals surface area (Å²) in [5.41, 5.74) is -0.0502. The first-order chi connectivity index (χ1) is 8.49. The molecule has 0 atom stereocenters. The molecule has 0 bridgehead atoms. The van der Waals surface area contributed by atoms with Crippen LogP contribution >= 0.6 is 23.2 Å². The van der Waals surface area contributed by atoms with Gasteiger partial charge in [0.2, 0.25) is 5.95 Å². The standard InChI is InChI=1S/C12H6Cl2FNO2/c13-7-3-6(4-8(14)5-7)10-9(12(17)18)1-2-16-11(10)15/h1-5H,(H,17,18). The van der Waals surface area contributed by atoms with E-state index in [-0.39, 0.29) is 26.7 Å². The first-order valence-electron chi connectivity index (χ1n) is 4.83.